The second-order valence-corrected chi connectivity index (χ2v) is 1.34. The van der Waals surface area contributed by atoms with Crippen LogP contribution >= 0.6 is 0 Å². The van der Waals surface area contributed by atoms with E-state index in [1.807, 2.05) is 0 Å². The number of furan rings is 1. The van der Waals surface area contributed by atoms with Crippen molar-refractivity contribution >= 4 is 5.91 Å². The minimum absolute atomic E-state index is 0. The van der Waals surface area contributed by atoms with E-state index in [0.29, 0.717) is 0 Å². The maximum Gasteiger partial charge on any atom is 0.284 e. The second kappa shape index (κ2) is 3.62. The van der Waals surface area contributed by atoms with Gasteiger partial charge in [-0.15, -0.1) is 0 Å². The Balaban J connectivity index is 0.000000640. The molecule has 0 atom stereocenters. The Morgan fingerprint density at radius 2 is 2.33 bits per heavy atom. The SMILES string of the molecule is NC(=O)c1ccco1.[Zr]. The molecule has 0 saturated carbocycles. The average molecular weight is 202 g/mol. The van der Waals surface area contributed by atoms with Crippen LogP contribution in [-0.2, 0) is 26.2 Å². The van der Waals surface area contributed by atoms with E-state index in [1.54, 1.807) is 6.07 Å². The van der Waals surface area contributed by atoms with Crippen LogP contribution in [0.25, 0.3) is 0 Å². The summed E-state index contributed by atoms with van der Waals surface area (Å²) in [5.74, 6) is -0.333. The zero-order chi connectivity index (χ0) is 5.98. The maximum atomic E-state index is 10.2. The van der Waals surface area contributed by atoms with Crippen LogP contribution in [0.5, 0.6) is 0 Å². The Bertz CT molecular complexity index is 183. The third-order valence-electron chi connectivity index (χ3n) is 0.764. The smallest absolute Gasteiger partial charge is 0.284 e. The van der Waals surface area contributed by atoms with Gasteiger partial charge >= 0.3 is 0 Å². The summed E-state index contributed by atoms with van der Waals surface area (Å²) < 4.78 is 4.62. The Kier molecular flexibility index (Phi) is 3.47. The van der Waals surface area contributed by atoms with Crippen LogP contribution in [-0.4, -0.2) is 5.91 Å². The molecular weight excluding hydrogens is 197 g/mol. The number of amides is 1. The van der Waals surface area contributed by atoms with Crippen LogP contribution in [0.4, 0.5) is 0 Å². The average Bonchev–Trinajstić information content (AvgIpc) is 2.12. The molecule has 9 heavy (non-hydrogen) atoms. The van der Waals surface area contributed by atoms with Crippen LogP contribution < -0.4 is 5.73 Å². The van der Waals surface area contributed by atoms with Gasteiger partial charge in [-0.05, 0) is 12.1 Å². The summed E-state index contributed by atoms with van der Waals surface area (Å²) >= 11 is 0. The molecule has 2 N–H and O–H groups in total. The Morgan fingerprint density at radius 1 is 1.67 bits per heavy atom. The number of carbonyl (C=O) groups excluding carboxylic acids is 1. The number of primary amides is 1. The summed E-state index contributed by atoms with van der Waals surface area (Å²) in [7, 11) is 0. The summed E-state index contributed by atoms with van der Waals surface area (Å²) in [6.45, 7) is 0. The van der Waals surface area contributed by atoms with E-state index < -0.39 is 5.91 Å². The molecule has 0 unspecified atom stereocenters. The van der Waals surface area contributed by atoms with Gasteiger partial charge in [-0.2, -0.15) is 0 Å². The number of rotatable bonds is 1. The molecule has 0 aromatic carbocycles. The van der Waals surface area contributed by atoms with E-state index in [0.717, 1.165) is 0 Å². The monoisotopic (exact) mass is 201 g/mol. The molecule has 0 radical (unpaired) electrons. The van der Waals surface area contributed by atoms with Gasteiger partial charge in [-0.25, -0.2) is 0 Å². The van der Waals surface area contributed by atoms with Gasteiger partial charge in [0.25, 0.3) is 5.91 Å². The van der Waals surface area contributed by atoms with E-state index in [1.165, 1.54) is 12.3 Å². The first kappa shape index (κ1) is 8.63. The van der Waals surface area contributed by atoms with E-state index >= 15 is 0 Å². The summed E-state index contributed by atoms with van der Waals surface area (Å²) in [5, 5.41) is 0. The quantitative estimate of drug-likeness (QED) is 0.715. The molecule has 46 valence electrons. The fourth-order valence-corrected chi connectivity index (χ4v) is 0.419. The first-order valence-electron chi connectivity index (χ1n) is 2.14. The van der Waals surface area contributed by atoms with Crippen molar-refractivity contribution < 1.29 is 35.4 Å². The largest absolute Gasteiger partial charge is 0.459 e. The third-order valence-corrected chi connectivity index (χ3v) is 0.764. The molecule has 0 saturated heterocycles. The zero-order valence-electron chi connectivity index (χ0n) is 4.63. The molecule has 1 heterocycles. The first-order chi connectivity index (χ1) is 3.80. The van der Waals surface area contributed by atoms with Crippen molar-refractivity contribution in [3.63, 3.8) is 0 Å². The number of hydrogen-bond acceptors (Lipinski definition) is 2. The normalized spacial score (nSPS) is 8.00. The predicted octanol–water partition coefficient (Wildman–Crippen LogP) is 0.376. The molecule has 4 heteroatoms. The minimum Gasteiger partial charge on any atom is -0.459 e. The zero-order valence-corrected chi connectivity index (χ0v) is 7.08. The molecule has 0 spiro atoms. The van der Waals surface area contributed by atoms with Gasteiger partial charge in [-0.1, -0.05) is 0 Å². The fraction of sp³-hybridized carbons (Fsp3) is 0. The summed E-state index contributed by atoms with van der Waals surface area (Å²) in [4.78, 5) is 10.2. The molecule has 1 amide bonds. The Morgan fingerprint density at radius 3 is 2.56 bits per heavy atom. The first-order valence-corrected chi connectivity index (χ1v) is 2.14. The summed E-state index contributed by atoms with van der Waals surface area (Å²) in [5.41, 5.74) is 4.83. The van der Waals surface area contributed by atoms with Crippen LogP contribution in [0.2, 0.25) is 0 Å². The van der Waals surface area contributed by atoms with Gasteiger partial charge in [0, 0.05) is 26.2 Å². The fourth-order valence-electron chi connectivity index (χ4n) is 0.419. The molecular formula is C5H5NO2Zr. The standard InChI is InChI=1S/C5H5NO2.Zr/c6-5(7)4-2-1-3-8-4;/h1-3H,(H2,6,7);. The van der Waals surface area contributed by atoms with Crippen molar-refractivity contribution in [1.29, 1.82) is 0 Å². The van der Waals surface area contributed by atoms with Crippen LogP contribution in [0.3, 0.4) is 0 Å². The number of hydrogen-bond donors (Lipinski definition) is 1. The van der Waals surface area contributed by atoms with Crippen molar-refractivity contribution in [2.45, 2.75) is 0 Å². The van der Waals surface area contributed by atoms with Crippen molar-refractivity contribution in [1.82, 2.24) is 0 Å². The molecule has 1 aromatic heterocycles. The van der Waals surface area contributed by atoms with Crippen LogP contribution in [0, 0.1) is 0 Å². The van der Waals surface area contributed by atoms with E-state index in [9.17, 15) is 4.79 Å². The van der Waals surface area contributed by atoms with Gasteiger partial charge in [0.15, 0.2) is 5.76 Å². The van der Waals surface area contributed by atoms with Gasteiger partial charge in [0.05, 0.1) is 6.26 Å². The van der Waals surface area contributed by atoms with E-state index in [-0.39, 0.29) is 32.0 Å². The molecule has 0 aliphatic carbocycles. The maximum absolute atomic E-state index is 10.2. The number of nitrogens with two attached hydrogens (primary N) is 1. The van der Waals surface area contributed by atoms with Crippen molar-refractivity contribution in [3.05, 3.63) is 24.2 Å². The molecule has 0 fully saturated rings. The van der Waals surface area contributed by atoms with Crippen molar-refractivity contribution in [2.24, 2.45) is 5.73 Å². The molecule has 1 rings (SSSR count). The topological polar surface area (TPSA) is 56.2 Å². The van der Waals surface area contributed by atoms with Crippen molar-refractivity contribution in [2.75, 3.05) is 0 Å². The van der Waals surface area contributed by atoms with Crippen LogP contribution in [0.15, 0.2) is 22.8 Å². The molecule has 0 aliphatic heterocycles. The predicted molar refractivity (Wildman–Crippen MR) is 27.2 cm³/mol. The molecule has 0 aliphatic rings. The number of carbonyl (C=O) groups is 1. The van der Waals surface area contributed by atoms with Gasteiger partial charge in [-0.3, -0.25) is 4.79 Å². The Hall–Kier alpha value is -0.367. The van der Waals surface area contributed by atoms with Gasteiger partial charge < -0.3 is 10.2 Å². The van der Waals surface area contributed by atoms with Gasteiger partial charge in [0.2, 0.25) is 0 Å². The van der Waals surface area contributed by atoms with E-state index in [2.05, 4.69) is 4.42 Å². The van der Waals surface area contributed by atoms with Crippen LogP contribution in [0.1, 0.15) is 10.6 Å². The second-order valence-electron chi connectivity index (χ2n) is 1.34. The van der Waals surface area contributed by atoms with Gasteiger partial charge in [0.1, 0.15) is 0 Å². The van der Waals surface area contributed by atoms with E-state index in [4.69, 9.17) is 5.73 Å². The van der Waals surface area contributed by atoms with Crippen molar-refractivity contribution in [3.8, 4) is 0 Å². The minimum atomic E-state index is -0.532. The summed E-state index contributed by atoms with van der Waals surface area (Å²) in [6, 6.07) is 3.13. The summed E-state index contributed by atoms with van der Waals surface area (Å²) in [6.07, 6.45) is 1.40. The molecule has 3 nitrogen and oxygen atoms in total. The third kappa shape index (κ3) is 2.14. The molecule has 0 bridgehead atoms. The Labute approximate surface area is 71.3 Å². The molecule has 1 aromatic rings.